The van der Waals surface area contributed by atoms with Crippen molar-refractivity contribution in [3.63, 3.8) is 0 Å². The average molecular weight is 516 g/mol. The third-order valence-corrected chi connectivity index (χ3v) is 7.22. The first-order chi connectivity index (χ1) is 16.4. The van der Waals surface area contributed by atoms with Gasteiger partial charge in [-0.1, -0.05) is 11.8 Å². The van der Waals surface area contributed by atoms with Gasteiger partial charge in [-0.25, -0.2) is 13.8 Å². The van der Waals surface area contributed by atoms with E-state index >= 15 is 0 Å². The van der Waals surface area contributed by atoms with E-state index in [2.05, 4.69) is 20.0 Å². The molecule has 0 spiro atoms. The molecule has 13 heteroatoms. The molecular formula is C22H21F5N4O3S. The Morgan fingerprint density at radius 1 is 1.31 bits per heavy atom. The van der Waals surface area contributed by atoms with Crippen molar-refractivity contribution >= 4 is 28.5 Å². The predicted octanol–water partition coefficient (Wildman–Crippen LogP) is 4.24. The predicted molar refractivity (Wildman–Crippen MR) is 119 cm³/mol. The molecule has 1 amide bonds. The Labute approximate surface area is 201 Å². The van der Waals surface area contributed by atoms with Crippen molar-refractivity contribution in [3.8, 4) is 5.75 Å². The second-order valence-electron chi connectivity index (χ2n) is 8.51. The molecule has 3 N–H and O–H groups in total. The second-order valence-corrected chi connectivity index (χ2v) is 9.95. The van der Waals surface area contributed by atoms with Crippen LogP contribution in [0.15, 0.2) is 35.5 Å². The van der Waals surface area contributed by atoms with Crippen molar-refractivity contribution in [1.82, 2.24) is 4.98 Å². The third-order valence-electron chi connectivity index (χ3n) is 5.94. The maximum absolute atomic E-state index is 15.0. The number of benzene rings is 1. The third kappa shape index (κ3) is 5.06. The number of aromatic nitrogens is 1. The summed E-state index contributed by atoms with van der Waals surface area (Å²) in [6.07, 6.45) is -2.93. The van der Waals surface area contributed by atoms with Crippen LogP contribution in [0.25, 0.3) is 0 Å². The Hall–Kier alpha value is -2.93. The molecule has 0 saturated heterocycles. The highest BCUT2D eigenvalue weighted by atomic mass is 32.2. The number of nitrogens with zero attached hydrogens (tertiary/aromatic N) is 2. The number of amidine groups is 1. The summed E-state index contributed by atoms with van der Waals surface area (Å²) in [4.78, 5) is 20.8. The summed E-state index contributed by atoms with van der Waals surface area (Å²) in [6.45, 7) is 0.518. The van der Waals surface area contributed by atoms with E-state index in [0.29, 0.717) is 13.0 Å². The van der Waals surface area contributed by atoms with Crippen LogP contribution >= 0.6 is 11.8 Å². The van der Waals surface area contributed by atoms with Crippen LogP contribution in [-0.2, 0) is 10.3 Å². The van der Waals surface area contributed by atoms with Crippen molar-refractivity contribution in [3.05, 3.63) is 53.4 Å². The molecule has 188 valence electrons. The van der Waals surface area contributed by atoms with Crippen molar-refractivity contribution in [1.29, 1.82) is 0 Å². The maximum Gasteiger partial charge on any atom is 0.422 e. The number of halogens is 5. The summed E-state index contributed by atoms with van der Waals surface area (Å²) >= 11 is 1.35. The first-order valence-corrected chi connectivity index (χ1v) is 11.2. The lowest BCUT2D eigenvalue weighted by atomic mass is 9.85. The molecule has 35 heavy (non-hydrogen) atoms. The number of methoxy groups -OCH3 is 1. The van der Waals surface area contributed by atoms with Crippen LogP contribution < -0.4 is 15.8 Å². The Kier molecular flexibility index (Phi) is 6.43. The number of carbonyl (C=O) groups is 1. The summed E-state index contributed by atoms with van der Waals surface area (Å²) in [5.41, 5.74) is 4.55. The number of pyridine rings is 1. The van der Waals surface area contributed by atoms with Crippen LogP contribution in [0.2, 0.25) is 0 Å². The van der Waals surface area contributed by atoms with Crippen molar-refractivity contribution in [2.45, 2.75) is 29.8 Å². The summed E-state index contributed by atoms with van der Waals surface area (Å²) in [7, 11) is 1.55. The number of hydrogen-bond acceptors (Lipinski definition) is 7. The van der Waals surface area contributed by atoms with E-state index in [1.807, 2.05) is 0 Å². The lowest BCUT2D eigenvalue weighted by Gasteiger charge is -2.34. The molecule has 0 radical (unpaired) electrons. The van der Waals surface area contributed by atoms with E-state index < -0.39 is 40.6 Å². The van der Waals surface area contributed by atoms with Gasteiger partial charge in [-0.2, -0.15) is 13.2 Å². The largest absolute Gasteiger partial charge is 0.483 e. The number of aliphatic imine (C=N–C) groups is 1. The number of carbonyl (C=O) groups excluding carboxylic acids is 1. The van der Waals surface area contributed by atoms with Gasteiger partial charge in [0, 0.05) is 30.3 Å². The topological polar surface area (TPSA) is 98.8 Å². The minimum Gasteiger partial charge on any atom is -0.483 e. The monoisotopic (exact) mass is 516 g/mol. The number of nitrogens with two attached hydrogens (primary N) is 1. The molecule has 1 aromatic carbocycles. The fraction of sp³-hybridized carbons (Fsp3) is 0.409. The molecule has 7 nitrogen and oxygen atoms in total. The Morgan fingerprint density at radius 3 is 2.69 bits per heavy atom. The van der Waals surface area contributed by atoms with E-state index in [4.69, 9.17) is 10.5 Å². The molecule has 1 saturated carbocycles. The number of nitrogens with one attached hydrogen (secondary N) is 1. The molecule has 1 fully saturated rings. The average Bonchev–Trinajstić information content (AvgIpc) is 3.49. The number of amides is 1. The van der Waals surface area contributed by atoms with Gasteiger partial charge >= 0.3 is 6.18 Å². The quantitative estimate of drug-likeness (QED) is 0.535. The van der Waals surface area contributed by atoms with Gasteiger partial charge in [-0.3, -0.25) is 9.79 Å². The first-order valence-electron chi connectivity index (χ1n) is 10.4. The highest BCUT2D eigenvalue weighted by molar-refractivity contribution is 8.15. The van der Waals surface area contributed by atoms with Crippen LogP contribution in [-0.4, -0.2) is 47.3 Å². The number of ether oxygens (including phenoxy) is 2. The fourth-order valence-corrected chi connectivity index (χ4v) is 5.77. The first kappa shape index (κ1) is 25.2. The van der Waals surface area contributed by atoms with E-state index in [9.17, 15) is 26.7 Å². The fourth-order valence-electron chi connectivity index (χ4n) is 4.32. The minimum atomic E-state index is -4.52. The van der Waals surface area contributed by atoms with Gasteiger partial charge in [0.15, 0.2) is 23.4 Å². The molecule has 1 aromatic heterocycles. The highest BCUT2D eigenvalue weighted by Crippen LogP contribution is 2.66. The van der Waals surface area contributed by atoms with E-state index in [-0.39, 0.29) is 33.8 Å². The van der Waals surface area contributed by atoms with Crippen molar-refractivity contribution < 1.29 is 36.2 Å². The van der Waals surface area contributed by atoms with Crippen LogP contribution in [0.5, 0.6) is 5.75 Å². The van der Waals surface area contributed by atoms with E-state index in [0.717, 1.165) is 24.4 Å². The molecule has 0 unspecified atom stereocenters. The Morgan fingerprint density at radius 2 is 2.06 bits per heavy atom. The molecule has 2 aromatic rings. The van der Waals surface area contributed by atoms with Gasteiger partial charge in [0.05, 0.1) is 23.1 Å². The number of anilines is 1. The zero-order chi connectivity index (χ0) is 25.6. The van der Waals surface area contributed by atoms with Crippen LogP contribution in [0, 0.1) is 17.6 Å². The lowest BCUT2D eigenvalue weighted by Crippen LogP contribution is -2.38. The van der Waals surface area contributed by atoms with Crippen LogP contribution in [0.3, 0.4) is 0 Å². The lowest BCUT2D eigenvalue weighted by molar-refractivity contribution is -0.153. The molecular weight excluding hydrogens is 495 g/mol. The standard InChI is InChI=1S/C22H21F5N4O3S/c1-20(16-7-21(16,9-33-2)35-19(28)31-20)13-5-11(6-14(23)17(13)24)30-18(32)15-4-3-12(8-29-15)34-10-22(25,26)27/h3-6,8,16H,7,9-10H2,1-2H3,(H2,28,31)(H,30,32)/t16-,20-,21+/m0/s1. The molecule has 2 aliphatic rings. The van der Waals surface area contributed by atoms with E-state index in [1.54, 1.807) is 14.0 Å². The molecule has 1 aliphatic heterocycles. The van der Waals surface area contributed by atoms with Gasteiger partial charge in [-0.05, 0) is 31.5 Å². The number of thioether (sulfide) groups is 1. The van der Waals surface area contributed by atoms with Gasteiger partial charge in [0.2, 0.25) is 0 Å². The van der Waals surface area contributed by atoms with Gasteiger partial charge in [0.1, 0.15) is 11.4 Å². The van der Waals surface area contributed by atoms with Crippen molar-refractivity contribution in [2.75, 3.05) is 25.6 Å². The summed E-state index contributed by atoms with van der Waals surface area (Å²) in [6, 6.07) is 4.40. The number of hydrogen-bond donors (Lipinski definition) is 2. The second kappa shape index (κ2) is 8.94. The SMILES string of the molecule is COC[C@]12C[C@H]1[C@](C)(c1cc(NC(=O)c3ccc(OCC(F)(F)F)cn3)cc(F)c1F)N=C(N)S2. The number of fused-ring (bicyclic) bond motifs is 1. The maximum atomic E-state index is 15.0. The van der Waals surface area contributed by atoms with Gasteiger partial charge < -0.3 is 20.5 Å². The summed E-state index contributed by atoms with van der Waals surface area (Å²) in [5.74, 6) is -3.42. The molecule has 3 atom stereocenters. The minimum absolute atomic E-state index is 0.0469. The smallest absolute Gasteiger partial charge is 0.422 e. The summed E-state index contributed by atoms with van der Waals surface area (Å²) < 4.78 is 75.8. The Balaban J connectivity index is 1.56. The van der Waals surface area contributed by atoms with Crippen LogP contribution in [0.1, 0.15) is 29.4 Å². The summed E-state index contributed by atoms with van der Waals surface area (Å²) in [5, 5.41) is 2.66. The number of alkyl halides is 3. The zero-order valence-corrected chi connectivity index (χ0v) is 19.4. The van der Waals surface area contributed by atoms with Crippen molar-refractivity contribution in [2.24, 2.45) is 16.6 Å². The Bertz CT molecular complexity index is 1180. The number of rotatable bonds is 7. The normalized spacial score (nSPS) is 25.5. The highest BCUT2D eigenvalue weighted by Gasteiger charge is 2.66. The van der Waals surface area contributed by atoms with Gasteiger partial charge in [0.25, 0.3) is 5.91 Å². The molecule has 1 aliphatic carbocycles. The van der Waals surface area contributed by atoms with E-state index in [1.165, 1.54) is 17.8 Å². The zero-order valence-electron chi connectivity index (χ0n) is 18.6. The van der Waals surface area contributed by atoms with Gasteiger partial charge in [-0.15, -0.1) is 0 Å². The molecule has 4 rings (SSSR count). The molecule has 2 heterocycles. The van der Waals surface area contributed by atoms with Crippen LogP contribution in [0.4, 0.5) is 27.6 Å². The molecule has 0 bridgehead atoms.